The molecule has 140 valence electrons. The minimum absolute atomic E-state index is 0.253. The Morgan fingerprint density at radius 2 is 1.89 bits per heavy atom. The van der Waals surface area contributed by atoms with Crippen molar-refractivity contribution in [2.75, 3.05) is 6.54 Å². The first kappa shape index (κ1) is 19.6. The molecule has 7 nitrogen and oxygen atoms in total. The molecule has 0 aliphatic rings. The topological polar surface area (TPSA) is 85.6 Å². The molecule has 0 fully saturated rings. The maximum absolute atomic E-state index is 12.5. The van der Waals surface area contributed by atoms with E-state index in [1.165, 1.54) is 11.8 Å². The molecular formula is C17H16Cl2N6OS. The molecule has 0 unspecified atom stereocenters. The van der Waals surface area contributed by atoms with E-state index in [-0.39, 0.29) is 11.6 Å². The normalized spacial score (nSPS) is 10.8. The molecule has 0 saturated heterocycles. The predicted molar refractivity (Wildman–Crippen MR) is 106 cm³/mol. The molecule has 1 N–H and O–H groups in total. The smallest absolute Gasteiger partial charge is 0.273 e. The molecule has 0 atom stereocenters. The second kappa shape index (κ2) is 9.16. The highest BCUT2D eigenvalue weighted by atomic mass is 35.5. The minimum Gasteiger partial charge on any atom is -0.351 e. The van der Waals surface area contributed by atoms with E-state index in [0.717, 1.165) is 6.42 Å². The van der Waals surface area contributed by atoms with E-state index in [9.17, 15) is 4.79 Å². The number of halogens is 2. The summed E-state index contributed by atoms with van der Waals surface area (Å²) in [5.41, 5.74) is 1.49. The average molecular weight is 423 g/mol. The summed E-state index contributed by atoms with van der Waals surface area (Å²) < 4.78 is 1.56. The lowest BCUT2D eigenvalue weighted by atomic mass is 10.2. The zero-order valence-electron chi connectivity index (χ0n) is 14.4. The predicted octanol–water partition coefficient (Wildman–Crippen LogP) is 3.80. The lowest BCUT2D eigenvalue weighted by Crippen LogP contribution is -2.25. The number of rotatable bonds is 7. The Morgan fingerprint density at radius 1 is 1.19 bits per heavy atom. The zero-order valence-corrected chi connectivity index (χ0v) is 16.7. The number of thioether (sulfide) groups is 1. The molecule has 1 aromatic carbocycles. The number of carbonyl (C=O) groups excluding carboxylic acids is 1. The van der Waals surface area contributed by atoms with Crippen LogP contribution in [0.25, 0.3) is 5.69 Å². The van der Waals surface area contributed by atoms with Crippen molar-refractivity contribution in [2.24, 2.45) is 0 Å². The van der Waals surface area contributed by atoms with E-state index in [4.69, 9.17) is 23.2 Å². The fourth-order valence-electron chi connectivity index (χ4n) is 2.29. The van der Waals surface area contributed by atoms with Gasteiger partial charge >= 0.3 is 0 Å². The van der Waals surface area contributed by atoms with Gasteiger partial charge in [-0.1, -0.05) is 47.1 Å². The Kier molecular flexibility index (Phi) is 6.65. The van der Waals surface area contributed by atoms with Crippen LogP contribution in [-0.4, -0.2) is 37.4 Å². The summed E-state index contributed by atoms with van der Waals surface area (Å²) >= 11 is 13.6. The Balaban J connectivity index is 1.97. The third kappa shape index (κ3) is 4.97. The molecule has 3 aromatic rings. The van der Waals surface area contributed by atoms with Gasteiger partial charge in [0.05, 0.1) is 11.4 Å². The van der Waals surface area contributed by atoms with Crippen LogP contribution in [0, 0.1) is 0 Å². The summed E-state index contributed by atoms with van der Waals surface area (Å²) in [6.07, 6.45) is 4.15. The van der Waals surface area contributed by atoms with Crippen LogP contribution >= 0.6 is 35.0 Å². The number of hydrogen-bond donors (Lipinski definition) is 1. The van der Waals surface area contributed by atoms with Gasteiger partial charge in [-0.3, -0.25) is 4.79 Å². The van der Waals surface area contributed by atoms with Gasteiger partial charge in [-0.25, -0.2) is 14.6 Å². The maximum atomic E-state index is 12.5. The zero-order chi connectivity index (χ0) is 19.2. The summed E-state index contributed by atoms with van der Waals surface area (Å²) in [5, 5.41) is 12.6. The number of benzene rings is 1. The standard InChI is InChI=1S/C17H16Cl2N6OS/c1-2-4-20-16(26)15-14(10-27-17-21-5-3-6-22-17)25(24-23-15)13-8-11(18)7-12(19)9-13/h3,5-9H,2,4,10H2,1H3,(H,20,26). The highest BCUT2D eigenvalue weighted by Gasteiger charge is 2.21. The fraction of sp³-hybridized carbons (Fsp3) is 0.235. The van der Waals surface area contributed by atoms with Crippen molar-refractivity contribution in [1.82, 2.24) is 30.3 Å². The quantitative estimate of drug-likeness (QED) is 0.460. The summed E-state index contributed by atoms with van der Waals surface area (Å²) in [5.74, 6) is 0.122. The van der Waals surface area contributed by atoms with Crippen molar-refractivity contribution >= 4 is 40.9 Å². The second-order valence-corrected chi connectivity index (χ2v) is 7.32. The van der Waals surface area contributed by atoms with E-state index >= 15 is 0 Å². The van der Waals surface area contributed by atoms with Crippen LogP contribution in [-0.2, 0) is 5.75 Å². The Morgan fingerprint density at radius 3 is 2.56 bits per heavy atom. The third-order valence-corrected chi connectivity index (χ3v) is 4.81. The first-order valence-electron chi connectivity index (χ1n) is 8.17. The number of amides is 1. The van der Waals surface area contributed by atoms with Gasteiger partial charge in [0.25, 0.3) is 5.91 Å². The number of aromatic nitrogens is 5. The van der Waals surface area contributed by atoms with Crippen molar-refractivity contribution in [3.63, 3.8) is 0 Å². The first-order valence-corrected chi connectivity index (χ1v) is 9.91. The Bertz CT molecular complexity index is 914. The molecule has 3 rings (SSSR count). The van der Waals surface area contributed by atoms with Gasteiger partial charge in [0.1, 0.15) is 0 Å². The SMILES string of the molecule is CCCNC(=O)c1nnn(-c2cc(Cl)cc(Cl)c2)c1CSc1ncccn1. The minimum atomic E-state index is -0.277. The molecule has 10 heteroatoms. The largest absolute Gasteiger partial charge is 0.351 e. The van der Waals surface area contributed by atoms with Crippen molar-refractivity contribution in [1.29, 1.82) is 0 Å². The molecule has 0 aliphatic heterocycles. The van der Waals surface area contributed by atoms with Gasteiger partial charge in [0, 0.05) is 34.7 Å². The molecular weight excluding hydrogens is 407 g/mol. The van der Waals surface area contributed by atoms with Gasteiger partial charge in [-0.05, 0) is 30.7 Å². The molecule has 0 spiro atoms. The van der Waals surface area contributed by atoms with Gasteiger partial charge in [0.15, 0.2) is 10.9 Å². The highest BCUT2D eigenvalue weighted by Crippen LogP contribution is 2.26. The lowest BCUT2D eigenvalue weighted by molar-refractivity contribution is 0.0948. The van der Waals surface area contributed by atoms with Crippen molar-refractivity contribution < 1.29 is 4.79 Å². The van der Waals surface area contributed by atoms with Gasteiger partial charge < -0.3 is 5.32 Å². The molecule has 2 heterocycles. The van der Waals surface area contributed by atoms with Crippen LogP contribution in [0.2, 0.25) is 10.0 Å². The maximum Gasteiger partial charge on any atom is 0.273 e. The van der Waals surface area contributed by atoms with Gasteiger partial charge in [-0.15, -0.1) is 5.10 Å². The van der Waals surface area contributed by atoms with Crippen LogP contribution in [0.3, 0.4) is 0 Å². The average Bonchev–Trinajstić information content (AvgIpc) is 3.08. The van der Waals surface area contributed by atoms with Gasteiger partial charge in [0.2, 0.25) is 0 Å². The molecule has 0 bridgehead atoms. The molecule has 1 amide bonds. The summed E-state index contributed by atoms with van der Waals surface area (Å²) in [6.45, 7) is 2.54. The van der Waals surface area contributed by atoms with Crippen molar-refractivity contribution in [3.8, 4) is 5.69 Å². The molecule has 0 aliphatic carbocycles. The Labute approximate surface area is 170 Å². The van der Waals surface area contributed by atoms with Crippen LogP contribution in [0.5, 0.6) is 0 Å². The fourth-order valence-corrected chi connectivity index (χ4v) is 3.60. The first-order chi connectivity index (χ1) is 13.1. The van der Waals surface area contributed by atoms with Crippen molar-refractivity contribution in [3.05, 3.63) is 58.1 Å². The number of hydrogen-bond acceptors (Lipinski definition) is 6. The molecule has 0 saturated carbocycles. The number of nitrogens with one attached hydrogen (secondary N) is 1. The Hall–Kier alpha value is -2.16. The van der Waals surface area contributed by atoms with E-state index in [1.54, 1.807) is 41.3 Å². The number of carbonyl (C=O) groups is 1. The van der Waals surface area contributed by atoms with Crippen LogP contribution in [0.1, 0.15) is 29.5 Å². The molecule has 27 heavy (non-hydrogen) atoms. The van der Waals surface area contributed by atoms with E-state index in [1.807, 2.05) is 6.92 Å². The lowest BCUT2D eigenvalue weighted by Gasteiger charge is -2.09. The van der Waals surface area contributed by atoms with Crippen LogP contribution in [0.4, 0.5) is 0 Å². The second-order valence-electron chi connectivity index (χ2n) is 5.50. The summed E-state index contributed by atoms with van der Waals surface area (Å²) in [7, 11) is 0. The van der Waals surface area contributed by atoms with Crippen molar-refractivity contribution in [2.45, 2.75) is 24.3 Å². The summed E-state index contributed by atoms with van der Waals surface area (Å²) in [4.78, 5) is 20.9. The van der Waals surface area contributed by atoms with E-state index < -0.39 is 0 Å². The van der Waals surface area contributed by atoms with E-state index in [2.05, 4.69) is 25.6 Å². The van der Waals surface area contributed by atoms with Crippen LogP contribution < -0.4 is 5.32 Å². The van der Waals surface area contributed by atoms with Gasteiger partial charge in [-0.2, -0.15) is 0 Å². The monoisotopic (exact) mass is 422 g/mol. The summed E-state index contributed by atoms with van der Waals surface area (Å²) in [6, 6.07) is 6.80. The van der Waals surface area contributed by atoms with Crippen LogP contribution in [0.15, 0.2) is 41.8 Å². The highest BCUT2D eigenvalue weighted by molar-refractivity contribution is 7.98. The molecule has 0 radical (unpaired) electrons. The van der Waals surface area contributed by atoms with E-state index in [0.29, 0.717) is 38.9 Å². The third-order valence-electron chi connectivity index (χ3n) is 3.49. The molecule has 2 aromatic heterocycles. The number of nitrogens with zero attached hydrogens (tertiary/aromatic N) is 5.